The van der Waals surface area contributed by atoms with Gasteiger partial charge in [-0.1, -0.05) is 53.3 Å². The second kappa shape index (κ2) is 5.98. The van der Waals surface area contributed by atoms with E-state index in [1.807, 2.05) is 6.92 Å². The highest BCUT2D eigenvalue weighted by Gasteiger charge is 2.18. The largest absolute Gasteiger partial charge is 0.198 e. The van der Waals surface area contributed by atoms with Crippen LogP contribution in [0.1, 0.15) is 31.2 Å². The molecule has 0 aromatic heterocycles. The standard InChI is InChI=1S/C11H9Cl4N/c1-6(3-2-4-16)9-10(14)7(12)5-8(13)11(9)15/h5-6H,2-3H2,1H3. The van der Waals surface area contributed by atoms with Crippen LogP contribution >= 0.6 is 46.4 Å². The van der Waals surface area contributed by atoms with Gasteiger partial charge in [0.2, 0.25) is 0 Å². The zero-order valence-electron chi connectivity index (χ0n) is 8.53. The van der Waals surface area contributed by atoms with E-state index in [-0.39, 0.29) is 5.92 Å². The first-order valence-corrected chi connectivity index (χ1v) is 6.20. The van der Waals surface area contributed by atoms with Crippen molar-refractivity contribution in [3.05, 3.63) is 31.7 Å². The van der Waals surface area contributed by atoms with Gasteiger partial charge in [-0.15, -0.1) is 0 Å². The van der Waals surface area contributed by atoms with Gasteiger partial charge in [0.05, 0.1) is 26.2 Å². The van der Waals surface area contributed by atoms with Crippen LogP contribution < -0.4 is 0 Å². The molecule has 0 fully saturated rings. The van der Waals surface area contributed by atoms with Gasteiger partial charge in [0, 0.05) is 6.42 Å². The summed E-state index contributed by atoms with van der Waals surface area (Å²) >= 11 is 24.0. The number of nitrogens with zero attached hydrogens (tertiary/aromatic N) is 1. The summed E-state index contributed by atoms with van der Waals surface area (Å²) in [6.07, 6.45) is 1.12. The van der Waals surface area contributed by atoms with Gasteiger partial charge in [-0.2, -0.15) is 5.26 Å². The van der Waals surface area contributed by atoms with Crippen molar-refractivity contribution < 1.29 is 0 Å². The molecule has 0 bridgehead atoms. The Morgan fingerprint density at radius 2 is 1.69 bits per heavy atom. The number of hydrogen-bond donors (Lipinski definition) is 0. The third-order valence-electron chi connectivity index (χ3n) is 2.33. The lowest BCUT2D eigenvalue weighted by atomic mass is 9.96. The van der Waals surface area contributed by atoms with Crippen molar-refractivity contribution >= 4 is 46.4 Å². The number of benzene rings is 1. The van der Waals surface area contributed by atoms with Crippen LogP contribution in [0.2, 0.25) is 20.1 Å². The molecule has 5 heteroatoms. The number of rotatable bonds is 3. The molecule has 0 aliphatic rings. The van der Waals surface area contributed by atoms with Crippen LogP contribution in [0.3, 0.4) is 0 Å². The van der Waals surface area contributed by atoms with E-state index in [4.69, 9.17) is 51.7 Å². The van der Waals surface area contributed by atoms with Crippen molar-refractivity contribution in [2.24, 2.45) is 0 Å². The summed E-state index contributed by atoms with van der Waals surface area (Å²) in [6, 6.07) is 3.61. The third-order valence-corrected chi connectivity index (χ3v) is 3.93. The first-order chi connectivity index (χ1) is 7.49. The van der Waals surface area contributed by atoms with E-state index in [0.717, 1.165) is 5.56 Å². The molecule has 0 heterocycles. The van der Waals surface area contributed by atoms with Gasteiger partial charge in [-0.3, -0.25) is 0 Å². The van der Waals surface area contributed by atoms with Crippen molar-refractivity contribution in [3.63, 3.8) is 0 Å². The van der Waals surface area contributed by atoms with E-state index < -0.39 is 0 Å². The van der Waals surface area contributed by atoms with Crippen LogP contribution in [0.5, 0.6) is 0 Å². The summed E-state index contributed by atoms with van der Waals surface area (Å²) in [6.45, 7) is 1.94. The lowest BCUT2D eigenvalue weighted by Gasteiger charge is -2.16. The first-order valence-electron chi connectivity index (χ1n) is 4.68. The first kappa shape index (κ1) is 13.9. The van der Waals surface area contributed by atoms with Crippen molar-refractivity contribution in [3.8, 4) is 6.07 Å². The fraction of sp³-hybridized carbons (Fsp3) is 0.364. The molecule has 1 atom stereocenters. The molecular formula is C11H9Cl4N. The summed E-state index contributed by atoms with van der Waals surface area (Å²) in [5.74, 6) is 0.0517. The maximum absolute atomic E-state index is 8.54. The second-order valence-corrected chi connectivity index (χ2v) is 5.05. The number of nitriles is 1. The SMILES string of the molecule is CC(CCC#N)c1c(Cl)c(Cl)cc(Cl)c1Cl. The highest BCUT2D eigenvalue weighted by molar-refractivity contribution is 6.48. The highest BCUT2D eigenvalue weighted by Crippen LogP contribution is 2.42. The Bertz CT molecular complexity index is 410. The molecule has 1 aromatic carbocycles. The average Bonchev–Trinajstić information content (AvgIpc) is 2.24. The molecular weight excluding hydrogens is 288 g/mol. The fourth-order valence-corrected chi connectivity index (χ4v) is 2.65. The normalized spacial score (nSPS) is 12.2. The molecule has 0 aliphatic carbocycles. The summed E-state index contributed by atoms with van der Waals surface area (Å²) in [5, 5.41) is 10.1. The maximum Gasteiger partial charge on any atom is 0.0642 e. The number of halogens is 4. The van der Waals surface area contributed by atoms with Gasteiger partial charge in [-0.25, -0.2) is 0 Å². The summed E-state index contributed by atoms with van der Waals surface area (Å²) in [5.41, 5.74) is 0.719. The van der Waals surface area contributed by atoms with Crippen LogP contribution in [-0.2, 0) is 0 Å². The monoisotopic (exact) mass is 295 g/mol. The van der Waals surface area contributed by atoms with Gasteiger partial charge in [0.15, 0.2) is 0 Å². The van der Waals surface area contributed by atoms with Crippen LogP contribution in [-0.4, -0.2) is 0 Å². The molecule has 1 unspecified atom stereocenters. The van der Waals surface area contributed by atoms with Gasteiger partial charge in [0.1, 0.15) is 0 Å². The zero-order valence-corrected chi connectivity index (χ0v) is 11.6. The van der Waals surface area contributed by atoms with Crippen LogP contribution in [0.15, 0.2) is 6.07 Å². The molecule has 0 N–H and O–H groups in total. The summed E-state index contributed by atoms with van der Waals surface area (Å²) < 4.78 is 0. The Morgan fingerprint density at radius 3 is 2.12 bits per heavy atom. The second-order valence-electron chi connectivity index (χ2n) is 3.48. The van der Waals surface area contributed by atoms with Crippen molar-refractivity contribution in [1.29, 1.82) is 5.26 Å². The summed E-state index contributed by atoms with van der Waals surface area (Å²) in [4.78, 5) is 0. The van der Waals surface area contributed by atoms with E-state index >= 15 is 0 Å². The minimum Gasteiger partial charge on any atom is -0.198 e. The third kappa shape index (κ3) is 2.96. The smallest absolute Gasteiger partial charge is 0.0642 e. The van der Waals surface area contributed by atoms with E-state index in [0.29, 0.717) is 32.9 Å². The van der Waals surface area contributed by atoms with Crippen molar-refractivity contribution in [2.45, 2.75) is 25.7 Å². The van der Waals surface area contributed by atoms with E-state index in [9.17, 15) is 0 Å². The van der Waals surface area contributed by atoms with Gasteiger partial charge in [-0.05, 0) is 24.0 Å². The Balaban J connectivity index is 3.17. The quantitative estimate of drug-likeness (QED) is 0.656. The fourth-order valence-electron chi connectivity index (χ4n) is 1.45. The Kier molecular flexibility index (Phi) is 5.21. The Labute approximate surface area is 115 Å². The lowest BCUT2D eigenvalue weighted by molar-refractivity contribution is 0.696. The molecule has 0 spiro atoms. The average molecular weight is 297 g/mol. The molecule has 0 saturated carbocycles. The molecule has 1 rings (SSSR count). The van der Waals surface area contributed by atoms with Crippen molar-refractivity contribution in [2.75, 3.05) is 0 Å². The van der Waals surface area contributed by atoms with E-state index in [2.05, 4.69) is 6.07 Å². The predicted octanol–water partition coefficient (Wildman–Crippen LogP) is 5.71. The molecule has 0 radical (unpaired) electrons. The molecule has 0 aliphatic heterocycles. The molecule has 0 saturated heterocycles. The maximum atomic E-state index is 8.54. The summed E-state index contributed by atoms with van der Waals surface area (Å²) in [7, 11) is 0. The minimum absolute atomic E-state index is 0.0517. The van der Waals surface area contributed by atoms with Gasteiger partial charge >= 0.3 is 0 Å². The topological polar surface area (TPSA) is 23.8 Å². The van der Waals surface area contributed by atoms with Gasteiger partial charge < -0.3 is 0 Å². The predicted molar refractivity (Wildman–Crippen MR) is 69.7 cm³/mol. The van der Waals surface area contributed by atoms with Gasteiger partial charge in [0.25, 0.3) is 0 Å². The Morgan fingerprint density at radius 1 is 1.19 bits per heavy atom. The van der Waals surface area contributed by atoms with Crippen LogP contribution in [0.4, 0.5) is 0 Å². The molecule has 16 heavy (non-hydrogen) atoms. The lowest BCUT2D eigenvalue weighted by Crippen LogP contribution is -1.97. The minimum atomic E-state index is 0.0517. The zero-order chi connectivity index (χ0) is 12.3. The molecule has 86 valence electrons. The van der Waals surface area contributed by atoms with E-state index in [1.54, 1.807) is 0 Å². The van der Waals surface area contributed by atoms with E-state index in [1.165, 1.54) is 6.07 Å². The van der Waals surface area contributed by atoms with Crippen molar-refractivity contribution in [1.82, 2.24) is 0 Å². The number of hydrogen-bond acceptors (Lipinski definition) is 1. The Hall–Kier alpha value is -0.130. The highest BCUT2D eigenvalue weighted by atomic mass is 35.5. The van der Waals surface area contributed by atoms with Crippen LogP contribution in [0.25, 0.3) is 0 Å². The molecule has 0 amide bonds. The van der Waals surface area contributed by atoms with Crippen LogP contribution in [0, 0.1) is 11.3 Å². The molecule has 1 nitrogen and oxygen atoms in total. The molecule has 1 aromatic rings.